The van der Waals surface area contributed by atoms with Crippen LogP contribution in [-0.4, -0.2) is 6.26 Å². The lowest BCUT2D eigenvalue weighted by molar-refractivity contribution is 0.598. The zero-order valence-corrected chi connectivity index (χ0v) is 4.47. The van der Waals surface area contributed by atoms with E-state index in [0.717, 1.165) is 0 Å². The molecule has 0 aliphatic heterocycles. The van der Waals surface area contributed by atoms with Crippen molar-refractivity contribution in [2.45, 2.75) is 0 Å². The van der Waals surface area contributed by atoms with Gasteiger partial charge in [0.05, 0.1) is 0 Å². The minimum atomic E-state index is -0.00733. The van der Waals surface area contributed by atoms with Crippen molar-refractivity contribution in [1.82, 2.24) is 4.49 Å². The van der Waals surface area contributed by atoms with Gasteiger partial charge in [-0.15, -0.1) is 0 Å². The number of hydrogen-bond donors (Lipinski definition) is 1. The summed E-state index contributed by atoms with van der Waals surface area (Å²) in [4.78, 5) is 0. The molecule has 4 heteroatoms. The zero-order valence-electron chi connectivity index (χ0n) is 2.76. The fraction of sp³-hybridized carbons (Fsp3) is 1.00. The van der Waals surface area contributed by atoms with Crippen LogP contribution in [-0.2, 0) is 4.57 Å². The lowest BCUT2D eigenvalue weighted by Gasteiger charge is -1.72. The maximum Gasteiger partial charge on any atom is 0.256 e. The molecule has 0 saturated heterocycles. The van der Waals surface area contributed by atoms with Crippen LogP contribution >= 0.6 is 20.6 Å². The van der Waals surface area contributed by atoms with Gasteiger partial charge in [-0.05, 0) is 6.26 Å². The van der Waals surface area contributed by atoms with Crippen LogP contribution in [0.3, 0.4) is 0 Å². The Morgan fingerprint density at radius 2 is 2.60 bits per heavy atom. The van der Waals surface area contributed by atoms with Crippen LogP contribution in [0.25, 0.3) is 0 Å². The van der Waals surface area contributed by atoms with Gasteiger partial charge in [-0.1, -0.05) is 11.9 Å². The van der Waals surface area contributed by atoms with Crippen molar-refractivity contribution < 1.29 is 4.57 Å². The first-order valence-electron chi connectivity index (χ1n) is 1.02. The Kier molecular flexibility index (Phi) is 4.77. The molecular weight excluding hydrogens is 105 g/mol. The Morgan fingerprint density at radius 3 is 2.60 bits per heavy atom. The summed E-state index contributed by atoms with van der Waals surface area (Å²) in [6, 6.07) is 0. The molecule has 2 nitrogen and oxygen atoms in total. The van der Waals surface area contributed by atoms with Gasteiger partial charge in [0.2, 0.25) is 0 Å². The second kappa shape index (κ2) is 4.41. The molecule has 0 aromatic heterocycles. The summed E-state index contributed by atoms with van der Waals surface area (Å²) in [5.41, 5.74) is 0. The van der Waals surface area contributed by atoms with E-state index in [2.05, 4.69) is 4.49 Å². The van der Waals surface area contributed by atoms with Crippen molar-refractivity contribution in [1.29, 1.82) is 0 Å². The summed E-state index contributed by atoms with van der Waals surface area (Å²) in [6.07, 6.45) is 1.81. The Balaban J connectivity index is 2.40. The van der Waals surface area contributed by atoms with Crippen molar-refractivity contribution in [2.24, 2.45) is 0 Å². The molecule has 0 heterocycles. The lowest BCUT2D eigenvalue weighted by atomic mass is 12.0. The van der Waals surface area contributed by atoms with Gasteiger partial charge in [-0.25, -0.2) is 0 Å². The zero-order chi connectivity index (χ0) is 4.12. The molecule has 0 bridgehead atoms. The molecule has 5 heavy (non-hydrogen) atoms. The molecule has 30 valence electrons. The monoisotopic (exact) mass is 109 g/mol. The van der Waals surface area contributed by atoms with E-state index < -0.39 is 0 Å². The summed E-state index contributed by atoms with van der Waals surface area (Å²) in [5, 5.41) is 0. The predicted octanol–water partition coefficient (Wildman–Crippen LogP) is 1.06. The molecule has 1 N–H and O–H groups in total. The van der Waals surface area contributed by atoms with Crippen LogP contribution in [0, 0.1) is 0 Å². The number of nitrogens with one attached hydrogen (secondary N) is 1. The third-order valence-electron chi connectivity index (χ3n) is 0.129. The first-order valence-corrected chi connectivity index (χ1v) is 3.06. The Bertz CT molecular complexity index is 32.8. The highest BCUT2D eigenvalue weighted by atomic mass is 32.2. The maximum absolute atomic E-state index is 9.37. The molecule has 0 spiro atoms. The van der Waals surface area contributed by atoms with Crippen LogP contribution in [0.5, 0.6) is 0 Å². The molecule has 0 unspecified atom stereocenters. The second-order valence-corrected chi connectivity index (χ2v) is 1.71. The predicted molar refractivity (Wildman–Crippen MR) is 24.3 cm³/mol. The van der Waals surface area contributed by atoms with E-state index in [4.69, 9.17) is 0 Å². The third-order valence-corrected chi connectivity index (χ3v) is 1.16. The minimum Gasteiger partial charge on any atom is -0.255 e. The van der Waals surface area contributed by atoms with Crippen molar-refractivity contribution in [2.75, 3.05) is 6.26 Å². The van der Waals surface area contributed by atoms with Gasteiger partial charge in [0, 0.05) is 0 Å². The van der Waals surface area contributed by atoms with Crippen LogP contribution in [0.1, 0.15) is 0 Å². The van der Waals surface area contributed by atoms with E-state index in [0.29, 0.717) is 0 Å². The van der Waals surface area contributed by atoms with E-state index in [1.54, 1.807) is 0 Å². The Morgan fingerprint density at radius 1 is 2.00 bits per heavy atom. The summed E-state index contributed by atoms with van der Waals surface area (Å²) in [7, 11) is -0.00733. The molecular formula is CH4NOPS. The average molecular weight is 109 g/mol. The van der Waals surface area contributed by atoms with E-state index in [1.165, 1.54) is 11.9 Å². The largest absolute Gasteiger partial charge is 0.256 e. The Labute approximate surface area is 36.7 Å². The van der Waals surface area contributed by atoms with Crippen LogP contribution < -0.4 is 4.49 Å². The van der Waals surface area contributed by atoms with Gasteiger partial charge in [0.1, 0.15) is 0 Å². The molecule has 0 rings (SSSR count). The van der Waals surface area contributed by atoms with Crippen LogP contribution in [0.15, 0.2) is 0 Å². The average Bonchev–Trinajstić information content (AvgIpc) is 1.41. The smallest absolute Gasteiger partial charge is 0.255 e. The molecule has 0 saturated carbocycles. The van der Waals surface area contributed by atoms with Gasteiger partial charge in [-0.2, -0.15) is 4.49 Å². The van der Waals surface area contributed by atoms with Crippen LogP contribution in [0.2, 0.25) is 0 Å². The summed E-state index contributed by atoms with van der Waals surface area (Å²) in [6.45, 7) is 0. The van der Waals surface area contributed by atoms with Crippen LogP contribution in [0.4, 0.5) is 0 Å². The van der Waals surface area contributed by atoms with Crippen molar-refractivity contribution in [3.05, 3.63) is 0 Å². The maximum atomic E-state index is 9.37. The lowest BCUT2D eigenvalue weighted by Crippen LogP contribution is -1.73. The molecule has 0 aromatic rings. The SMILES string of the molecule is CSNP=O. The quantitative estimate of drug-likeness (QED) is 0.424. The summed E-state index contributed by atoms with van der Waals surface area (Å²) < 4.78 is 11.8. The van der Waals surface area contributed by atoms with Crippen molar-refractivity contribution >= 4 is 20.6 Å². The fourth-order valence-corrected chi connectivity index (χ4v) is 0.335. The highest BCUT2D eigenvalue weighted by Gasteiger charge is 1.63. The summed E-state index contributed by atoms with van der Waals surface area (Å²) >= 11 is 1.33. The molecule has 0 amide bonds. The third kappa shape index (κ3) is 4.41. The van der Waals surface area contributed by atoms with E-state index >= 15 is 0 Å². The molecule has 0 atom stereocenters. The second-order valence-electron chi connectivity index (χ2n) is 0.387. The van der Waals surface area contributed by atoms with E-state index in [1.807, 2.05) is 6.26 Å². The molecule has 0 aliphatic carbocycles. The summed E-state index contributed by atoms with van der Waals surface area (Å²) in [5.74, 6) is 0. The van der Waals surface area contributed by atoms with Gasteiger partial charge in [0.25, 0.3) is 8.61 Å². The fourth-order valence-electron chi connectivity index (χ4n) is 0.0373. The molecule has 0 aromatic carbocycles. The van der Waals surface area contributed by atoms with Gasteiger partial charge in [0.15, 0.2) is 0 Å². The van der Waals surface area contributed by atoms with Crippen molar-refractivity contribution in [3.8, 4) is 0 Å². The minimum absolute atomic E-state index is 0.00733. The Hall–Kier alpha value is 0.410. The standard InChI is InChI=1S/CH4NOPS/c1-5-2-4-3/h1H3,(H,2,3). The van der Waals surface area contributed by atoms with Gasteiger partial charge < -0.3 is 0 Å². The first-order chi connectivity index (χ1) is 2.41. The van der Waals surface area contributed by atoms with Gasteiger partial charge >= 0.3 is 0 Å². The number of hydrogen-bond acceptors (Lipinski definition) is 2. The molecule has 0 aliphatic rings. The normalized spacial score (nSPS) is 9.00. The van der Waals surface area contributed by atoms with Gasteiger partial charge in [-0.3, -0.25) is 4.57 Å². The van der Waals surface area contributed by atoms with E-state index in [9.17, 15) is 4.57 Å². The number of rotatable bonds is 2. The van der Waals surface area contributed by atoms with Crippen molar-refractivity contribution in [3.63, 3.8) is 0 Å². The van der Waals surface area contributed by atoms with E-state index in [-0.39, 0.29) is 8.61 Å². The first kappa shape index (κ1) is 5.41. The molecule has 0 fully saturated rings. The highest BCUT2D eigenvalue weighted by molar-refractivity contribution is 7.99. The molecule has 0 radical (unpaired) electrons. The highest BCUT2D eigenvalue weighted by Crippen LogP contribution is 1.89. The topological polar surface area (TPSA) is 29.1 Å².